The summed E-state index contributed by atoms with van der Waals surface area (Å²) in [4.78, 5) is 17.8. The van der Waals surface area contributed by atoms with E-state index in [0.717, 1.165) is 10.2 Å². The second-order valence-corrected chi connectivity index (χ2v) is 6.83. The maximum Gasteiger partial charge on any atom is 0.279 e. The molecule has 148 valence electrons. The molecule has 8 heteroatoms. The smallest absolute Gasteiger partial charge is 0.279 e. The molecule has 0 bridgehead atoms. The van der Waals surface area contributed by atoms with Gasteiger partial charge in [-0.05, 0) is 19.1 Å². The van der Waals surface area contributed by atoms with Gasteiger partial charge < -0.3 is 23.5 Å². The summed E-state index contributed by atoms with van der Waals surface area (Å²) in [6.45, 7) is 2.66. The number of carbonyl (C=O) groups excluding carboxylic acids is 1. The number of benzene rings is 2. The monoisotopic (exact) mass is 402 g/mol. The summed E-state index contributed by atoms with van der Waals surface area (Å²) >= 11 is 1.42. The number of fused-ring (bicyclic) bond motifs is 1. The van der Waals surface area contributed by atoms with E-state index in [1.807, 2.05) is 23.6 Å². The minimum Gasteiger partial charge on any atom is -0.497 e. The van der Waals surface area contributed by atoms with Crippen molar-refractivity contribution in [1.29, 1.82) is 0 Å². The first-order chi connectivity index (χ1) is 13.5. The summed E-state index contributed by atoms with van der Waals surface area (Å²) in [5, 5.41) is 0. The van der Waals surface area contributed by atoms with E-state index in [4.69, 9.17) is 18.9 Å². The molecule has 1 heterocycles. The van der Waals surface area contributed by atoms with E-state index < -0.39 is 0 Å². The van der Waals surface area contributed by atoms with E-state index in [0.29, 0.717) is 39.9 Å². The first-order valence-electron chi connectivity index (χ1n) is 8.62. The van der Waals surface area contributed by atoms with Crippen molar-refractivity contribution in [3.05, 3.63) is 40.7 Å². The third-order valence-corrected chi connectivity index (χ3v) is 5.34. The minimum atomic E-state index is -0.370. The van der Waals surface area contributed by atoms with Gasteiger partial charge in [0.15, 0.2) is 16.3 Å². The van der Waals surface area contributed by atoms with Gasteiger partial charge in [0.05, 0.1) is 38.7 Å². The molecule has 1 amide bonds. The fourth-order valence-electron chi connectivity index (χ4n) is 2.87. The Balaban J connectivity index is 2.14. The number of hydrogen-bond donors (Lipinski definition) is 0. The number of ether oxygens (including phenoxy) is 4. The van der Waals surface area contributed by atoms with E-state index in [1.165, 1.54) is 25.6 Å². The summed E-state index contributed by atoms with van der Waals surface area (Å²) in [5.74, 6) is 1.96. The molecule has 0 aliphatic heterocycles. The van der Waals surface area contributed by atoms with E-state index >= 15 is 0 Å². The van der Waals surface area contributed by atoms with Gasteiger partial charge in [0.2, 0.25) is 0 Å². The maximum absolute atomic E-state index is 12.8. The maximum atomic E-state index is 12.8. The molecular weight excluding hydrogens is 380 g/mol. The van der Waals surface area contributed by atoms with Crippen LogP contribution in [0.4, 0.5) is 0 Å². The van der Waals surface area contributed by atoms with E-state index in [1.54, 1.807) is 32.4 Å². The fraction of sp³-hybridized carbons (Fsp3) is 0.300. The third kappa shape index (κ3) is 3.68. The van der Waals surface area contributed by atoms with Crippen LogP contribution in [-0.2, 0) is 6.54 Å². The Morgan fingerprint density at radius 2 is 1.54 bits per heavy atom. The molecule has 0 unspecified atom stereocenters. The summed E-state index contributed by atoms with van der Waals surface area (Å²) in [6, 6.07) is 8.78. The highest BCUT2D eigenvalue weighted by atomic mass is 32.1. The number of thiazole rings is 1. The van der Waals surface area contributed by atoms with Crippen LogP contribution in [0.1, 0.15) is 17.3 Å². The molecule has 0 aliphatic carbocycles. The normalized spacial score (nSPS) is 11.5. The zero-order valence-electron chi connectivity index (χ0n) is 16.4. The molecule has 0 spiro atoms. The predicted molar refractivity (Wildman–Crippen MR) is 108 cm³/mol. The van der Waals surface area contributed by atoms with E-state index in [9.17, 15) is 4.79 Å². The lowest BCUT2D eigenvalue weighted by Gasteiger charge is -2.08. The van der Waals surface area contributed by atoms with Gasteiger partial charge in [0, 0.05) is 30.3 Å². The van der Waals surface area contributed by atoms with Crippen molar-refractivity contribution in [2.24, 2.45) is 4.99 Å². The van der Waals surface area contributed by atoms with Crippen molar-refractivity contribution in [2.45, 2.75) is 13.5 Å². The van der Waals surface area contributed by atoms with Gasteiger partial charge in [-0.3, -0.25) is 4.79 Å². The molecule has 0 saturated carbocycles. The van der Waals surface area contributed by atoms with Crippen LogP contribution in [0.15, 0.2) is 35.3 Å². The SMILES string of the molecule is CCn1c(=NC(=O)c2cc(OC)cc(OC)c2)sc2cc(OC)c(OC)cc21. The Labute approximate surface area is 166 Å². The number of aromatic nitrogens is 1. The molecule has 3 rings (SSSR count). The molecule has 7 nitrogen and oxygen atoms in total. The van der Waals surface area contributed by atoms with Crippen LogP contribution in [0.25, 0.3) is 10.2 Å². The summed E-state index contributed by atoms with van der Waals surface area (Å²) in [7, 11) is 6.27. The molecule has 0 atom stereocenters. The zero-order valence-corrected chi connectivity index (χ0v) is 17.3. The highest BCUT2D eigenvalue weighted by Gasteiger charge is 2.14. The van der Waals surface area contributed by atoms with Crippen LogP contribution in [0.2, 0.25) is 0 Å². The molecule has 0 aliphatic rings. The standard InChI is InChI=1S/C20H22N2O5S/c1-6-22-15-10-16(26-4)17(27-5)11-18(15)28-20(22)21-19(23)12-7-13(24-2)9-14(8-12)25-3/h7-11H,6H2,1-5H3. The van der Waals surface area contributed by atoms with Gasteiger partial charge in [0.25, 0.3) is 5.91 Å². The highest BCUT2D eigenvalue weighted by Crippen LogP contribution is 2.33. The molecule has 0 fully saturated rings. The van der Waals surface area contributed by atoms with Crippen molar-refractivity contribution in [1.82, 2.24) is 4.57 Å². The van der Waals surface area contributed by atoms with Crippen molar-refractivity contribution >= 4 is 27.5 Å². The van der Waals surface area contributed by atoms with Gasteiger partial charge in [0.1, 0.15) is 11.5 Å². The topological polar surface area (TPSA) is 71.3 Å². The molecule has 0 radical (unpaired) electrons. The molecule has 28 heavy (non-hydrogen) atoms. The lowest BCUT2D eigenvalue weighted by atomic mass is 10.2. The van der Waals surface area contributed by atoms with Gasteiger partial charge in [-0.2, -0.15) is 4.99 Å². The number of rotatable bonds is 6. The minimum absolute atomic E-state index is 0.370. The Morgan fingerprint density at radius 1 is 0.929 bits per heavy atom. The average molecular weight is 402 g/mol. The quantitative estimate of drug-likeness (QED) is 0.631. The predicted octanol–water partition coefficient (Wildman–Crippen LogP) is 3.50. The first kappa shape index (κ1) is 19.8. The van der Waals surface area contributed by atoms with Gasteiger partial charge >= 0.3 is 0 Å². The Hall–Kier alpha value is -3.00. The second-order valence-electron chi connectivity index (χ2n) is 5.82. The number of methoxy groups -OCH3 is 4. The van der Waals surface area contributed by atoms with Crippen LogP contribution in [0.3, 0.4) is 0 Å². The third-order valence-electron chi connectivity index (χ3n) is 4.30. The van der Waals surface area contributed by atoms with Crippen LogP contribution in [0.5, 0.6) is 23.0 Å². The Morgan fingerprint density at radius 3 is 2.07 bits per heavy atom. The number of nitrogens with zero attached hydrogens (tertiary/aromatic N) is 2. The van der Waals surface area contributed by atoms with Crippen LogP contribution in [0, 0.1) is 0 Å². The largest absolute Gasteiger partial charge is 0.497 e. The van der Waals surface area contributed by atoms with Crippen molar-refractivity contribution in [2.75, 3.05) is 28.4 Å². The molecule has 3 aromatic rings. The Bertz CT molecular complexity index is 1060. The number of aryl methyl sites for hydroxylation is 1. The van der Waals surface area contributed by atoms with Gasteiger partial charge in [-0.1, -0.05) is 11.3 Å². The summed E-state index contributed by atoms with van der Waals surface area (Å²) in [5.41, 5.74) is 1.33. The summed E-state index contributed by atoms with van der Waals surface area (Å²) < 4.78 is 24.2. The Kier molecular flexibility index (Phi) is 5.89. The molecule has 0 saturated heterocycles. The van der Waals surface area contributed by atoms with Crippen LogP contribution < -0.4 is 23.7 Å². The lowest BCUT2D eigenvalue weighted by Crippen LogP contribution is -2.16. The van der Waals surface area contributed by atoms with E-state index in [2.05, 4.69) is 4.99 Å². The average Bonchev–Trinajstić information content (AvgIpc) is 3.07. The van der Waals surface area contributed by atoms with Crippen molar-refractivity contribution in [3.63, 3.8) is 0 Å². The van der Waals surface area contributed by atoms with E-state index in [-0.39, 0.29) is 5.91 Å². The first-order valence-corrected chi connectivity index (χ1v) is 9.43. The van der Waals surface area contributed by atoms with Crippen LogP contribution in [-0.4, -0.2) is 38.9 Å². The van der Waals surface area contributed by atoms with Crippen molar-refractivity contribution < 1.29 is 23.7 Å². The number of hydrogen-bond acceptors (Lipinski definition) is 6. The molecule has 0 N–H and O–H groups in total. The van der Waals surface area contributed by atoms with Gasteiger partial charge in [-0.15, -0.1) is 0 Å². The zero-order chi connectivity index (χ0) is 20.3. The molecule has 2 aromatic carbocycles. The highest BCUT2D eigenvalue weighted by molar-refractivity contribution is 7.16. The van der Waals surface area contributed by atoms with Gasteiger partial charge in [-0.25, -0.2) is 0 Å². The van der Waals surface area contributed by atoms with Crippen LogP contribution >= 0.6 is 11.3 Å². The molecular formula is C20H22N2O5S. The lowest BCUT2D eigenvalue weighted by molar-refractivity contribution is 0.0997. The van der Waals surface area contributed by atoms with Crippen molar-refractivity contribution in [3.8, 4) is 23.0 Å². The number of carbonyl (C=O) groups is 1. The molecule has 1 aromatic heterocycles. The fourth-order valence-corrected chi connectivity index (χ4v) is 3.97. The number of amides is 1. The second kappa shape index (κ2) is 8.35. The summed E-state index contributed by atoms with van der Waals surface area (Å²) in [6.07, 6.45) is 0.